The van der Waals surface area contributed by atoms with Crippen molar-refractivity contribution in [2.24, 2.45) is 0 Å². The molecule has 0 fully saturated rings. The van der Waals surface area contributed by atoms with E-state index >= 15 is 0 Å². The van der Waals surface area contributed by atoms with Crippen LogP contribution in [0.5, 0.6) is 0 Å². The minimum absolute atomic E-state index is 0.389. The van der Waals surface area contributed by atoms with E-state index in [1.807, 2.05) is 24.5 Å². The van der Waals surface area contributed by atoms with Gasteiger partial charge in [-0.05, 0) is 42.3 Å². The Morgan fingerprint density at radius 2 is 2.33 bits per heavy atom. The van der Waals surface area contributed by atoms with Crippen LogP contribution in [0.4, 0.5) is 11.8 Å². The summed E-state index contributed by atoms with van der Waals surface area (Å²) >= 11 is 1.86. The van der Waals surface area contributed by atoms with Crippen molar-refractivity contribution in [3.05, 3.63) is 34.2 Å². The number of thiophene rings is 1. The summed E-state index contributed by atoms with van der Waals surface area (Å²) in [6.45, 7) is 0. The number of hydrogen-bond donors (Lipinski definition) is 2. The Morgan fingerprint density at radius 1 is 1.39 bits per heavy atom. The molecule has 2 heterocycles. The van der Waals surface area contributed by atoms with Crippen molar-refractivity contribution in [3.8, 4) is 0 Å². The van der Waals surface area contributed by atoms with Gasteiger partial charge in [0.2, 0.25) is 5.95 Å². The lowest BCUT2D eigenvalue weighted by Crippen LogP contribution is -2.16. The second-order valence-corrected chi connectivity index (χ2v) is 5.40. The van der Waals surface area contributed by atoms with Gasteiger partial charge in [0.1, 0.15) is 5.82 Å². The van der Waals surface area contributed by atoms with Gasteiger partial charge < -0.3 is 10.6 Å². The zero-order chi connectivity index (χ0) is 12.4. The Bertz CT molecular complexity index is 537. The first-order chi connectivity index (χ1) is 8.86. The molecule has 2 aromatic rings. The average molecular weight is 260 g/mol. The molecule has 18 heavy (non-hydrogen) atoms. The van der Waals surface area contributed by atoms with Crippen LogP contribution in [0, 0.1) is 0 Å². The summed E-state index contributed by atoms with van der Waals surface area (Å²) in [6, 6.07) is 4.54. The molecule has 0 saturated carbocycles. The van der Waals surface area contributed by atoms with Crippen LogP contribution in [0.15, 0.2) is 23.7 Å². The van der Waals surface area contributed by atoms with Crippen molar-refractivity contribution in [2.45, 2.75) is 25.3 Å². The molecule has 0 spiro atoms. The first-order valence-corrected chi connectivity index (χ1v) is 7.08. The maximum absolute atomic E-state index is 4.41. The van der Waals surface area contributed by atoms with Gasteiger partial charge >= 0.3 is 0 Å². The highest BCUT2D eigenvalue weighted by Gasteiger charge is 2.21. The van der Waals surface area contributed by atoms with E-state index in [0.29, 0.717) is 12.0 Å². The molecule has 0 aromatic carbocycles. The van der Waals surface area contributed by atoms with Crippen LogP contribution < -0.4 is 10.6 Å². The van der Waals surface area contributed by atoms with Crippen molar-refractivity contribution < 1.29 is 0 Å². The van der Waals surface area contributed by atoms with Crippen molar-refractivity contribution in [1.29, 1.82) is 0 Å². The number of hydrogen-bond acceptors (Lipinski definition) is 5. The van der Waals surface area contributed by atoms with Crippen LogP contribution in [-0.4, -0.2) is 17.0 Å². The van der Waals surface area contributed by atoms with Gasteiger partial charge in [-0.1, -0.05) is 0 Å². The third kappa shape index (κ3) is 2.18. The molecule has 1 atom stereocenters. The molecule has 0 aliphatic heterocycles. The molecule has 0 saturated heterocycles. The largest absolute Gasteiger partial charge is 0.363 e. The molecule has 2 N–H and O–H groups in total. The van der Waals surface area contributed by atoms with Crippen molar-refractivity contribution in [3.63, 3.8) is 0 Å². The highest BCUT2D eigenvalue weighted by molar-refractivity contribution is 7.10. The third-order valence-corrected chi connectivity index (χ3v) is 4.25. The standard InChI is InChI=1S/C13H16N4S/c1-14-13-15-7-5-12(17-13)16-10-3-2-4-11-9(10)6-8-18-11/h5-8,10H,2-4H2,1H3,(H2,14,15,16,17). The zero-order valence-corrected chi connectivity index (χ0v) is 11.1. The fourth-order valence-corrected chi connectivity index (χ4v) is 3.36. The Labute approximate surface area is 110 Å². The molecule has 1 aliphatic rings. The molecule has 0 bridgehead atoms. The average Bonchev–Trinajstić information content (AvgIpc) is 2.88. The molecule has 2 aromatic heterocycles. The number of nitrogens with zero attached hydrogens (tertiary/aromatic N) is 2. The van der Waals surface area contributed by atoms with Crippen LogP contribution in [0.3, 0.4) is 0 Å². The van der Waals surface area contributed by atoms with Gasteiger partial charge in [-0.15, -0.1) is 11.3 Å². The van der Waals surface area contributed by atoms with Gasteiger partial charge in [-0.2, -0.15) is 4.98 Å². The second kappa shape index (κ2) is 4.94. The van der Waals surface area contributed by atoms with Gasteiger partial charge in [0.05, 0.1) is 6.04 Å². The minimum Gasteiger partial charge on any atom is -0.363 e. The maximum Gasteiger partial charge on any atom is 0.224 e. The van der Waals surface area contributed by atoms with E-state index in [0.717, 1.165) is 5.82 Å². The van der Waals surface area contributed by atoms with E-state index in [9.17, 15) is 0 Å². The van der Waals surface area contributed by atoms with Gasteiger partial charge in [-0.3, -0.25) is 0 Å². The minimum atomic E-state index is 0.389. The van der Waals surface area contributed by atoms with Crippen molar-refractivity contribution in [2.75, 3.05) is 17.7 Å². The summed E-state index contributed by atoms with van der Waals surface area (Å²) in [5, 5.41) is 8.66. The Morgan fingerprint density at radius 3 is 3.22 bits per heavy atom. The maximum atomic E-state index is 4.41. The number of fused-ring (bicyclic) bond motifs is 1. The normalized spacial score (nSPS) is 18.2. The predicted octanol–water partition coefficient (Wildman–Crippen LogP) is 3.07. The van der Waals surface area contributed by atoms with Crippen LogP contribution in [0.2, 0.25) is 0 Å². The van der Waals surface area contributed by atoms with Crippen LogP contribution >= 0.6 is 11.3 Å². The topological polar surface area (TPSA) is 49.8 Å². The lowest BCUT2D eigenvalue weighted by atomic mass is 9.94. The fraction of sp³-hybridized carbons (Fsp3) is 0.385. The molecular weight excluding hydrogens is 244 g/mol. The number of aromatic nitrogens is 2. The fourth-order valence-electron chi connectivity index (χ4n) is 2.37. The highest BCUT2D eigenvalue weighted by atomic mass is 32.1. The monoisotopic (exact) mass is 260 g/mol. The highest BCUT2D eigenvalue weighted by Crippen LogP contribution is 2.35. The Kier molecular flexibility index (Phi) is 3.15. The zero-order valence-electron chi connectivity index (χ0n) is 10.3. The summed E-state index contributed by atoms with van der Waals surface area (Å²) in [7, 11) is 1.83. The molecule has 0 radical (unpaired) electrons. The number of anilines is 2. The van der Waals surface area contributed by atoms with E-state index in [-0.39, 0.29) is 0 Å². The molecule has 1 unspecified atom stereocenters. The summed E-state index contributed by atoms with van der Waals surface area (Å²) < 4.78 is 0. The molecule has 5 heteroatoms. The molecular formula is C13H16N4S. The van der Waals surface area contributed by atoms with E-state index in [2.05, 4.69) is 32.0 Å². The molecule has 3 rings (SSSR count). The van der Waals surface area contributed by atoms with E-state index in [1.165, 1.54) is 29.7 Å². The van der Waals surface area contributed by atoms with Crippen LogP contribution in [0.25, 0.3) is 0 Å². The van der Waals surface area contributed by atoms with Gasteiger partial charge in [0, 0.05) is 18.1 Å². The molecule has 4 nitrogen and oxygen atoms in total. The molecule has 0 amide bonds. The summed E-state index contributed by atoms with van der Waals surface area (Å²) in [6.07, 6.45) is 5.41. The lowest BCUT2D eigenvalue weighted by Gasteiger charge is -2.24. The number of rotatable bonds is 3. The third-order valence-electron chi connectivity index (χ3n) is 3.25. The smallest absolute Gasteiger partial charge is 0.224 e. The van der Waals surface area contributed by atoms with Crippen LogP contribution in [0.1, 0.15) is 29.3 Å². The summed E-state index contributed by atoms with van der Waals surface area (Å²) in [5.74, 6) is 1.54. The molecule has 94 valence electrons. The second-order valence-electron chi connectivity index (χ2n) is 4.40. The summed E-state index contributed by atoms with van der Waals surface area (Å²) in [5.41, 5.74) is 1.44. The SMILES string of the molecule is CNc1nccc(NC2CCCc3sccc32)n1. The Hall–Kier alpha value is -1.62. The lowest BCUT2D eigenvalue weighted by molar-refractivity contribution is 0.607. The molecule has 1 aliphatic carbocycles. The summed E-state index contributed by atoms with van der Waals surface area (Å²) in [4.78, 5) is 10.1. The number of aryl methyl sites for hydroxylation is 1. The van der Waals surface area contributed by atoms with Gasteiger partial charge in [0.15, 0.2) is 0 Å². The van der Waals surface area contributed by atoms with Gasteiger partial charge in [-0.25, -0.2) is 4.98 Å². The Balaban J connectivity index is 1.81. The van der Waals surface area contributed by atoms with E-state index in [1.54, 1.807) is 6.20 Å². The van der Waals surface area contributed by atoms with E-state index < -0.39 is 0 Å². The predicted molar refractivity (Wildman–Crippen MR) is 75.2 cm³/mol. The van der Waals surface area contributed by atoms with Crippen molar-refractivity contribution in [1.82, 2.24) is 9.97 Å². The van der Waals surface area contributed by atoms with E-state index in [4.69, 9.17) is 0 Å². The quantitative estimate of drug-likeness (QED) is 0.890. The first-order valence-electron chi connectivity index (χ1n) is 6.20. The van der Waals surface area contributed by atoms with Gasteiger partial charge in [0.25, 0.3) is 0 Å². The van der Waals surface area contributed by atoms with Crippen molar-refractivity contribution >= 4 is 23.1 Å². The van der Waals surface area contributed by atoms with Crippen LogP contribution in [-0.2, 0) is 6.42 Å². The first kappa shape index (κ1) is 11.5. The number of nitrogens with one attached hydrogen (secondary N) is 2.